The van der Waals surface area contributed by atoms with Crippen molar-refractivity contribution in [3.05, 3.63) is 23.9 Å². The molecule has 2 rings (SSSR count). The van der Waals surface area contributed by atoms with Crippen molar-refractivity contribution < 1.29 is 4.74 Å². The van der Waals surface area contributed by atoms with E-state index in [0.717, 1.165) is 25.4 Å². The first kappa shape index (κ1) is 12.3. The molecular formula is C13H21N3O. The Kier molecular flexibility index (Phi) is 4.34. The number of anilines is 1. The number of hydrogen-bond donors (Lipinski definition) is 1. The summed E-state index contributed by atoms with van der Waals surface area (Å²) in [5.41, 5.74) is 6.90. The van der Waals surface area contributed by atoms with Crippen LogP contribution in [0.25, 0.3) is 0 Å². The first-order chi connectivity index (χ1) is 8.36. The Balaban J connectivity index is 2.15. The largest absolute Gasteiger partial charge is 0.383 e. The summed E-state index contributed by atoms with van der Waals surface area (Å²) in [5.74, 6) is 1.09. The van der Waals surface area contributed by atoms with Gasteiger partial charge < -0.3 is 15.4 Å². The zero-order valence-electron chi connectivity index (χ0n) is 10.4. The molecule has 0 spiro atoms. The van der Waals surface area contributed by atoms with Crippen LogP contribution in [0.2, 0.25) is 0 Å². The van der Waals surface area contributed by atoms with Gasteiger partial charge in [0.05, 0.1) is 6.61 Å². The maximum atomic E-state index is 5.65. The molecule has 1 aliphatic carbocycles. The van der Waals surface area contributed by atoms with E-state index in [-0.39, 0.29) is 0 Å². The van der Waals surface area contributed by atoms with E-state index in [0.29, 0.717) is 12.6 Å². The Hall–Kier alpha value is -1.13. The average molecular weight is 235 g/mol. The first-order valence-electron chi connectivity index (χ1n) is 6.26. The van der Waals surface area contributed by atoms with Gasteiger partial charge in [0.15, 0.2) is 0 Å². The number of nitrogens with two attached hydrogens (primary N) is 1. The van der Waals surface area contributed by atoms with Crippen LogP contribution >= 0.6 is 0 Å². The van der Waals surface area contributed by atoms with Crippen molar-refractivity contribution in [1.82, 2.24) is 4.98 Å². The molecule has 0 amide bonds. The molecule has 4 nitrogen and oxygen atoms in total. The van der Waals surface area contributed by atoms with Crippen molar-refractivity contribution in [3.63, 3.8) is 0 Å². The summed E-state index contributed by atoms with van der Waals surface area (Å²) in [6, 6.07) is 4.75. The Morgan fingerprint density at radius 1 is 1.53 bits per heavy atom. The van der Waals surface area contributed by atoms with E-state index in [1.54, 1.807) is 7.11 Å². The molecule has 0 unspecified atom stereocenters. The minimum atomic E-state index is 0.650. The zero-order chi connectivity index (χ0) is 12.1. The van der Waals surface area contributed by atoms with E-state index in [1.807, 2.05) is 12.3 Å². The van der Waals surface area contributed by atoms with Crippen LogP contribution in [0.4, 0.5) is 5.82 Å². The SMILES string of the molecule is COCCN(c1ncccc1CCN)C1CC1. The van der Waals surface area contributed by atoms with Gasteiger partial charge in [-0.3, -0.25) is 0 Å². The fourth-order valence-electron chi connectivity index (χ4n) is 2.08. The van der Waals surface area contributed by atoms with Crippen molar-refractivity contribution in [2.24, 2.45) is 5.73 Å². The molecule has 1 aliphatic rings. The molecule has 1 heterocycles. The van der Waals surface area contributed by atoms with Crippen LogP contribution in [-0.4, -0.2) is 37.8 Å². The van der Waals surface area contributed by atoms with Crippen LogP contribution in [0.3, 0.4) is 0 Å². The molecule has 4 heteroatoms. The van der Waals surface area contributed by atoms with E-state index in [2.05, 4.69) is 16.0 Å². The van der Waals surface area contributed by atoms with Gasteiger partial charge in [0.1, 0.15) is 5.82 Å². The molecule has 1 aromatic rings. The lowest BCUT2D eigenvalue weighted by atomic mass is 10.1. The van der Waals surface area contributed by atoms with E-state index >= 15 is 0 Å². The van der Waals surface area contributed by atoms with E-state index in [9.17, 15) is 0 Å². The number of aromatic nitrogens is 1. The van der Waals surface area contributed by atoms with Crippen molar-refractivity contribution in [2.45, 2.75) is 25.3 Å². The number of pyridine rings is 1. The molecule has 1 aromatic heterocycles. The third-order valence-electron chi connectivity index (χ3n) is 3.08. The third kappa shape index (κ3) is 3.17. The second-order valence-corrected chi connectivity index (χ2v) is 4.44. The van der Waals surface area contributed by atoms with Gasteiger partial charge in [-0.2, -0.15) is 0 Å². The molecule has 2 N–H and O–H groups in total. The molecule has 0 atom stereocenters. The Morgan fingerprint density at radius 2 is 2.35 bits per heavy atom. The molecule has 17 heavy (non-hydrogen) atoms. The van der Waals surface area contributed by atoms with E-state index in [1.165, 1.54) is 18.4 Å². The van der Waals surface area contributed by atoms with Crippen LogP contribution in [0.15, 0.2) is 18.3 Å². The minimum absolute atomic E-state index is 0.650. The highest BCUT2D eigenvalue weighted by Crippen LogP contribution is 2.32. The molecule has 1 saturated carbocycles. The van der Waals surface area contributed by atoms with Gasteiger partial charge in [-0.05, 0) is 37.4 Å². The van der Waals surface area contributed by atoms with Gasteiger partial charge in [0.25, 0.3) is 0 Å². The smallest absolute Gasteiger partial charge is 0.132 e. The highest BCUT2D eigenvalue weighted by atomic mass is 16.5. The highest BCUT2D eigenvalue weighted by molar-refractivity contribution is 5.49. The topological polar surface area (TPSA) is 51.4 Å². The maximum Gasteiger partial charge on any atom is 0.132 e. The molecule has 1 fully saturated rings. The van der Waals surface area contributed by atoms with E-state index in [4.69, 9.17) is 10.5 Å². The summed E-state index contributed by atoms with van der Waals surface area (Å²) in [5, 5.41) is 0. The summed E-state index contributed by atoms with van der Waals surface area (Å²) in [6.45, 7) is 2.33. The van der Waals surface area contributed by atoms with Crippen LogP contribution in [0.1, 0.15) is 18.4 Å². The second kappa shape index (κ2) is 5.98. The summed E-state index contributed by atoms with van der Waals surface area (Å²) in [4.78, 5) is 6.90. The standard InChI is InChI=1S/C13H21N3O/c1-17-10-9-16(12-4-5-12)13-11(6-7-14)3-2-8-15-13/h2-3,8,12H,4-7,9-10,14H2,1H3. The van der Waals surface area contributed by atoms with Crippen LogP contribution in [0, 0.1) is 0 Å². The third-order valence-corrected chi connectivity index (χ3v) is 3.08. The van der Waals surface area contributed by atoms with Crippen LogP contribution in [-0.2, 0) is 11.2 Å². The Labute approximate surface area is 103 Å². The lowest BCUT2D eigenvalue weighted by Crippen LogP contribution is -2.31. The van der Waals surface area contributed by atoms with E-state index < -0.39 is 0 Å². The molecule has 0 saturated heterocycles. The quantitative estimate of drug-likeness (QED) is 0.771. The maximum absolute atomic E-state index is 5.65. The van der Waals surface area contributed by atoms with Crippen molar-refractivity contribution in [3.8, 4) is 0 Å². The first-order valence-corrected chi connectivity index (χ1v) is 6.26. The fourth-order valence-corrected chi connectivity index (χ4v) is 2.08. The van der Waals surface area contributed by atoms with Gasteiger partial charge in [-0.15, -0.1) is 0 Å². The minimum Gasteiger partial charge on any atom is -0.383 e. The number of methoxy groups -OCH3 is 1. The highest BCUT2D eigenvalue weighted by Gasteiger charge is 2.30. The molecule has 0 radical (unpaired) electrons. The second-order valence-electron chi connectivity index (χ2n) is 4.44. The van der Waals surface area contributed by atoms with Crippen molar-refractivity contribution in [2.75, 3.05) is 31.7 Å². The number of rotatable bonds is 7. The van der Waals surface area contributed by atoms with Gasteiger partial charge >= 0.3 is 0 Å². The number of hydrogen-bond acceptors (Lipinski definition) is 4. The summed E-state index contributed by atoms with van der Waals surface area (Å²) < 4.78 is 5.18. The Morgan fingerprint density at radius 3 is 3.00 bits per heavy atom. The lowest BCUT2D eigenvalue weighted by Gasteiger charge is -2.25. The van der Waals surface area contributed by atoms with Gasteiger partial charge in [-0.25, -0.2) is 4.98 Å². The van der Waals surface area contributed by atoms with Crippen molar-refractivity contribution >= 4 is 5.82 Å². The summed E-state index contributed by atoms with van der Waals surface area (Å²) in [7, 11) is 1.74. The summed E-state index contributed by atoms with van der Waals surface area (Å²) in [6.07, 6.45) is 5.28. The lowest BCUT2D eigenvalue weighted by molar-refractivity contribution is 0.204. The fraction of sp³-hybridized carbons (Fsp3) is 0.615. The zero-order valence-corrected chi connectivity index (χ0v) is 10.4. The van der Waals surface area contributed by atoms with Gasteiger partial charge in [0, 0.05) is 25.9 Å². The van der Waals surface area contributed by atoms with Crippen LogP contribution < -0.4 is 10.6 Å². The monoisotopic (exact) mass is 235 g/mol. The number of nitrogens with zero attached hydrogens (tertiary/aromatic N) is 2. The molecular weight excluding hydrogens is 214 g/mol. The molecule has 0 aromatic carbocycles. The molecule has 0 aliphatic heterocycles. The Bertz CT molecular complexity index is 352. The van der Waals surface area contributed by atoms with Crippen LogP contribution in [0.5, 0.6) is 0 Å². The predicted molar refractivity (Wildman–Crippen MR) is 69.2 cm³/mol. The average Bonchev–Trinajstić information content (AvgIpc) is 3.16. The number of ether oxygens (including phenoxy) is 1. The van der Waals surface area contributed by atoms with Gasteiger partial charge in [-0.1, -0.05) is 6.07 Å². The van der Waals surface area contributed by atoms with Gasteiger partial charge in [0.2, 0.25) is 0 Å². The summed E-state index contributed by atoms with van der Waals surface area (Å²) >= 11 is 0. The molecule has 94 valence electrons. The normalized spacial score (nSPS) is 14.9. The molecule has 0 bridgehead atoms. The predicted octanol–water partition coefficient (Wildman–Crippen LogP) is 1.20. The van der Waals surface area contributed by atoms with Crippen molar-refractivity contribution in [1.29, 1.82) is 0 Å².